The van der Waals surface area contributed by atoms with Gasteiger partial charge in [-0.2, -0.15) is 0 Å². The molecular weight excluding hydrogens is 180 g/mol. The average Bonchev–Trinajstić information content (AvgIpc) is 1.90. The molecule has 0 amide bonds. The van der Waals surface area contributed by atoms with E-state index in [-0.39, 0.29) is 4.69 Å². The second-order valence-electron chi connectivity index (χ2n) is 1.55. The summed E-state index contributed by atoms with van der Waals surface area (Å²) >= 11 is 2.81. The van der Waals surface area contributed by atoms with Crippen LogP contribution in [0.3, 0.4) is 0 Å². The molecule has 1 nitrogen and oxygen atoms in total. The first-order valence-electron chi connectivity index (χ1n) is 2.47. The zero-order valence-electron chi connectivity index (χ0n) is 4.60. The minimum atomic E-state index is -0.122. The van der Waals surface area contributed by atoms with Crippen LogP contribution in [-0.4, -0.2) is 4.69 Å². The predicted octanol–water partition coefficient (Wildman–Crippen LogP) is 2.02. The number of carbonyl (C=O) groups is 1. The van der Waals surface area contributed by atoms with Crippen LogP contribution in [0.5, 0.6) is 0 Å². The van der Waals surface area contributed by atoms with Crippen LogP contribution >= 0.6 is 15.9 Å². The third kappa shape index (κ3) is 1.64. The van der Waals surface area contributed by atoms with Gasteiger partial charge in [0, 0.05) is 5.56 Å². The summed E-state index contributed by atoms with van der Waals surface area (Å²) < 4.78 is -0.122. The third-order valence-corrected chi connectivity index (χ3v) is 1.35. The standard InChI is InChI=1S/C7H4BrO/c8-7(9)6-4-2-1-3-5-6/h1-4H. The Balaban J connectivity index is 2.98. The highest BCUT2D eigenvalue weighted by Gasteiger charge is 1.95. The van der Waals surface area contributed by atoms with Crippen LogP contribution in [0, 0.1) is 6.07 Å². The lowest BCUT2D eigenvalue weighted by Crippen LogP contribution is -1.84. The molecule has 0 spiro atoms. The van der Waals surface area contributed by atoms with Crippen molar-refractivity contribution in [3.63, 3.8) is 0 Å². The van der Waals surface area contributed by atoms with E-state index in [0.717, 1.165) is 0 Å². The van der Waals surface area contributed by atoms with Crippen LogP contribution in [0.4, 0.5) is 0 Å². The van der Waals surface area contributed by atoms with E-state index in [9.17, 15) is 4.79 Å². The van der Waals surface area contributed by atoms with Crippen molar-refractivity contribution < 1.29 is 4.79 Å². The zero-order valence-corrected chi connectivity index (χ0v) is 6.18. The van der Waals surface area contributed by atoms with E-state index in [4.69, 9.17) is 0 Å². The van der Waals surface area contributed by atoms with Gasteiger partial charge >= 0.3 is 0 Å². The molecule has 0 fully saturated rings. The summed E-state index contributed by atoms with van der Waals surface area (Å²) in [4.78, 5) is 10.5. The van der Waals surface area contributed by atoms with Gasteiger partial charge in [-0.3, -0.25) is 4.79 Å². The highest BCUT2D eigenvalue weighted by atomic mass is 79.9. The lowest BCUT2D eigenvalue weighted by atomic mass is 10.2. The number of carbonyl (C=O) groups excluding carboxylic acids is 1. The van der Waals surface area contributed by atoms with E-state index < -0.39 is 0 Å². The van der Waals surface area contributed by atoms with Crippen LogP contribution in [0.2, 0.25) is 0 Å². The molecule has 1 aromatic carbocycles. The minimum Gasteiger partial charge on any atom is -0.281 e. The highest BCUT2D eigenvalue weighted by Crippen LogP contribution is 2.02. The smallest absolute Gasteiger partial charge is 0.228 e. The molecule has 0 saturated heterocycles. The molecule has 0 atom stereocenters. The Kier molecular flexibility index (Phi) is 2.01. The van der Waals surface area contributed by atoms with Crippen molar-refractivity contribution in [2.45, 2.75) is 0 Å². The van der Waals surface area contributed by atoms with Crippen molar-refractivity contribution in [2.75, 3.05) is 0 Å². The summed E-state index contributed by atoms with van der Waals surface area (Å²) in [5, 5.41) is 0. The third-order valence-electron chi connectivity index (χ3n) is 0.921. The molecular formula is C7H4BrO. The van der Waals surface area contributed by atoms with Crippen molar-refractivity contribution in [3.8, 4) is 0 Å². The van der Waals surface area contributed by atoms with Crippen molar-refractivity contribution in [1.82, 2.24) is 0 Å². The highest BCUT2D eigenvalue weighted by molar-refractivity contribution is 9.18. The molecule has 1 radical (unpaired) electrons. The topological polar surface area (TPSA) is 17.1 Å². The van der Waals surface area contributed by atoms with Gasteiger partial charge in [0.05, 0.1) is 0 Å². The summed E-state index contributed by atoms with van der Waals surface area (Å²) in [7, 11) is 0. The maximum Gasteiger partial charge on any atom is 0.228 e. The Morgan fingerprint density at radius 2 is 2.33 bits per heavy atom. The van der Waals surface area contributed by atoms with Crippen LogP contribution in [0.25, 0.3) is 0 Å². The molecule has 0 N–H and O–H groups in total. The van der Waals surface area contributed by atoms with Gasteiger partial charge in [0.25, 0.3) is 0 Å². The number of hydrogen-bond donors (Lipinski definition) is 0. The van der Waals surface area contributed by atoms with Gasteiger partial charge in [-0.25, -0.2) is 0 Å². The maximum atomic E-state index is 10.5. The molecule has 0 aliphatic heterocycles. The number of halogens is 1. The van der Waals surface area contributed by atoms with Crippen LogP contribution in [0.15, 0.2) is 24.3 Å². The van der Waals surface area contributed by atoms with Gasteiger partial charge in [0.1, 0.15) is 0 Å². The summed E-state index contributed by atoms with van der Waals surface area (Å²) in [6, 6.07) is 9.80. The van der Waals surface area contributed by atoms with E-state index in [2.05, 4.69) is 22.0 Å². The van der Waals surface area contributed by atoms with Crippen LogP contribution in [-0.2, 0) is 0 Å². The molecule has 0 heterocycles. The molecule has 1 aromatic rings. The average molecular weight is 184 g/mol. The van der Waals surface area contributed by atoms with Crippen LogP contribution < -0.4 is 0 Å². The molecule has 0 aliphatic carbocycles. The molecule has 0 unspecified atom stereocenters. The zero-order chi connectivity index (χ0) is 6.69. The quantitative estimate of drug-likeness (QED) is 0.610. The normalized spacial score (nSPS) is 9.00. The molecule has 0 aromatic heterocycles. The second kappa shape index (κ2) is 2.78. The van der Waals surface area contributed by atoms with Crippen molar-refractivity contribution in [1.29, 1.82) is 0 Å². The lowest BCUT2D eigenvalue weighted by molar-refractivity contribution is 0.109. The van der Waals surface area contributed by atoms with Gasteiger partial charge in [-0.15, -0.1) is 0 Å². The number of rotatable bonds is 1. The van der Waals surface area contributed by atoms with E-state index in [1.54, 1.807) is 18.2 Å². The molecule has 0 aliphatic rings. The molecule has 9 heavy (non-hydrogen) atoms. The van der Waals surface area contributed by atoms with E-state index in [0.29, 0.717) is 5.56 Å². The lowest BCUT2D eigenvalue weighted by Gasteiger charge is -1.86. The molecule has 0 bridgehead atoms. The molecule has 2 heteroatoms. The Morgan fingerprint density at radius 1 is 1.56 bits per heavy atom. The fourth-order valence-electron chi connectivity index (χ4n) is 0.516. The SMILES string of the molecule is O=C(Br)c1[c]cccc1. The first-order valence-corrected chi connectivity index (χ1v) is 3.26. The van der Waals surface area contributed by atoms with Gasteiger partial charge in [0.2, 0.25) is 4.69 Å². The molecule has 1 rings (SSSR count). The summed E-state index contributed by atoms with van der Waals surface area (Å²) in [5.41, 5.74) is 0.567. The Labute approximate surface area is 61.8 Å². The summed E-state index contributed by atoms with van der Waals surface area (Å²) in [6.45, 7) is 0. The van der Waals surface area contributed by atoms with E-state index in [1.165, 1.54) is 0 Å². The van der Waals surface area contributed by atoms with Crippen molar-refractivity contribution in [3.05, 3.63) is 35.9 Å². The summed E-state index contributed by atoms with van der Waals surface area (Å²) in [5.74, 6) is 0. The number of benzene rings is 1. The van der Waals surface area contributed by atoms with E-state index in [1.807, 2.05) is 6.07 Å². The van der Waals surface area contributed by atoms with Crippen molar-refractivity contribution in [2.24, 2.45) is 0 Å². The second-order valence-corrected chi connectivity index (χ2v) is 2.27. The van der Waals surface area contributed by atoms with Gasteiger partial charge in [0.15, 0.2) is 0 Å². The van der Waals surface area contributed by atoms with Gasteiger partial charge in [-0.05, 0) is 28.1 Å². The maximum absolute atomic E-state index is 10.5. The molecule has 45 valence electrons. The minimum absolute atomic E-state index is 0.122. The van der Waals surface area contributed by atoms with Gasteiger partial charge in [-0.1, -0.05) is 18.2 Å². The first-order chi connectivity index (χ1) is 4.30. The fourth-order valence-corrected chi connectivity index (χ4v) is 0.762. The monoisotopic (exact) mass is 183 g/mol. The predicted molar refractivity (Wildman–Crippen MR) is 38.5 cm³/mol. The molecule has 0 saturated carbocycles. The fraction of sp³-hybridized carbons (Fsp3) is 0. The van der Waals surface area contributed by atoms with Crippen molar-refractivity contribution >= 4 is 20.6 Å². The Morgan fingerprint density at radius 3 is 2.67 bits per heavy atom. The van der Waals surface area contributed by atoms with E-state index >= 15 is 0 Å². The largest absolute Gasteiger partial charge is 0.281 e. The van der Waals surface area contributed by atoms with Gasteiger partial charge < -0.3 is 0 Å². The summed E-state index contributed by atoms with van der Waals surface area (Å²) in [6.07, 6.45) is 0. The first kappa shape index (κ1) is 6.49. The number of hydrogen-bond acceptors (Lipinski definition) is 1. The van der Waals surface area contributed by atoms with Crippen LogP contribution in [0.1, 0.15) is 10.4 Å². The Bertz CT molecular complexity index is 205. The Hall–Kier alpha value is -0.630.